The maximum Gasteiger partial charge on any atom is 0.276 e. The lowest BCUT2D eigenvalue weighted by Gasteiger charge is -2.03. The molecule has 7 nitrogen and oxygen atoms in total. The molecule has 1 heterocycles. The molecule has 0 saturated carbocycles. The van der Waals surface area contributed by atoms with E-state index < -0.39 is 4.92 Å². The van der Waals surface area contributed by atoms with Gasteiger partial charge in [0.1, 0.15) is 11.8 Å². The van der Waals surface area contributed by atoms with Crippen LogP contribution in [0.5, 0.6) is 0 Å². The number of para-hydroxylation sites is 1. The second-order valence-corrected chi connectivity index (χ2v) is 4.34. The van der Waals surface area contributed by atoms with Gasteiger partial charge in [0.05, 0.1) is 16.4 Å². The number of rotatable bonds is 2. The van der Waals surface area contributed by atoms with Crippen LogP contribution in [0.3, 0.4) is 0 Å². The molecular formula is C14H8N4O3. The topological polar surface area (TPSA) is 98.8 Å². The summed E-state index contributed by atoms with van der Waals surface area (Å²) in [5.74, 6) is 0. The lowest BCUT2D eigenvalue weighted by atomic mass is 10.2. The summed E-state index contributed by atoms with van der Waals surface area (Å²) in [6, 6.07) is 14.5. The van der Waals surface area contributed by atoms with E-state index in [4.69, 9.17) is 0 Å². The van der Waals surface area contributed by atoms with Crippen molar-refractivity contribution >= 4 is 16.6 Å². The summed E-state index contributed by atoms with van der Waals surface area (Å²) in [7, 11) is 0. The fourth-order valence-corrected chi connectivity index (χ4v) is 2.22. The van der Waals surface area contributed by atoms with Crippen LogP contribution < -0.4 is 4.85 Å². The van der Waals surface area contributed by atoms with Gasteiger partial charge in [-0.3, -0.25) is 10.1 Å². The Morgan fingerprint density at radius 1 is 1.19 bits per heavy atom. The van der Waals surface area contributed by atoms with Crippen LogP contribution in [0.2, 0.25) is 0 Å². The van der Waals surface area contributed by atoms with Gasteiger partial charge in [0.2, 0.25) is 0 Å². The molecule has 0 saturated heterocycles. The van der Waals surface area contributed by atoms with Crippen LogP contribution in [0.15, 0.2) is 48.5 Å². The summed E-state index contributed by atoms with van der Waals surface area (Å²) in [6.45, 7) is 0. The molecule has 2 aromatic carbocycles. The highest BCUT2D eigenvalue weighted by Gasteiger charge is 2.24. The number of hydrogen-bond acceptors (Lipinski definition) is 4. The van der Waals surface area contributed by atoms with Crippen LogP contribution in [-0.2, 0) is 0 Å². The third-order valence-corrected chi connectivity index (χ3v) is 3.15. The Kier molecular flexibility index (Phi) is 2.77. The molecule has 0 N–H and O–H groups in total. The van der Waals surface area contributed by atoms with E-state index in [1.807, 2.05) is 6.07 Å². The quantitative estimate of drug-likeness (QED) is 0.310. The number of nitro benzene ring substituents is 1. The van der Waals surface area contributed by atoms with Gasteiger partial charge in [-0.15, -0.1) is 0 Å². The molecule has 0 aliphatic carbocycles. The third kappa shape index (κ3) is 1.86. The van der Waals surface area contributed by atoms with Crippen molar-refractivity contribution in [1.29, 1.82) is 5.26 Å². The number of aromatic nitrogens is 2. The summed E-state index contributed by atoms with van der Waals surface area (Å²) >= 11 is 0. The fourth-order valence-electron chi connectivity index (χ4n) is 2.22. The predicted octanol–water partition coefficient (Wildman–Crippen LogP) is 2.04. The van der Waals surface area contributed by atoms with E-state index in [-0.39, 0.29) is 16.9 Å². The van der Waals surface area contributed by atoms with E-state index in [1.165, 1.54) is 22.9 Å². The Morgan fingerprint density at radius 2 is 1.90 bits per heavy atom. The molecule has 0 unspecified atom stereocenters. The monoisotopic (exact) mass is 280 g/mol. The van der Waals surface area contributed by atoms with Gasteiger partial charge in [-0.1, -0.05) is 27.7 Å². The van der Waals surface area contributed by atoms with Gasteiger partial charge in [0.15, 0.2) is 5.69 Å². The smallest absolute Gasteiger partial charge is 0.276 e. The van der Waals surface area contributed by atoms with Gasteiger partial charge < -0.3 is 5.21 Å². The largest absolute Gasteiger partial charge is 0.595 e. The van der Waals surface area contributed by atoms with Gasteiger partial charge >= 0.3 is 0 Å². The zero-order chi connectivity index (χ0) is 15.0. The summed E-state index contributed by atoms with van der Waals surface area (Å²) < 4.78 is 1.19. The number of hydrogen-bond donors (Lipinski definition) is 0. The number of non-ortho nitro benzene ring substituents is 1. The molecule has 0 fully saturated rings. The zero-order valence-corrected chi connectivity index (χ0v) is 10.6. The standard InChI is InChI=1S/C14H8N4O3/c15-9-14-12-7-6-11(18(20)21)8-13(12)17(19)16(14)10-4-2-1-3-5-10/h1-8H. The van der Waals surface area contributed by atoms with Gasteiger partial charge in [-0.2, -0.15) is 5.26 Å². The van der Waals surface area contributed by atoms with Crippen LogP contribution in [0.1, 0.15) is 5.69 Å². The molecule has 0 atom stereocenters. The fraction of sp³-hybridized carbons (Fsp3) is 0. The molecule has 0 amide bonds. The van der Waals surface area contributed by atoms with Crippen molar-refractivity contribution in [1.82, 2.24) is 4.68 Å². The number of fused-ring (bicyclic) bond motifs is 1. The van der Waals surface area contributed by atoms with Crippen LogP contribution in [0, 0.1) is 26.7 Å². The number of nitro groups is 1. The van der Waals surface area contributed by atoms with Crippen molar-refractivity contribution in [2.75, 3.05) is 0 Å². The zero-order valence-electron chi connectivity index (χ0n) is 10.6. The molecule has 7 heteroatoms. The first kappa shape index (κ1) is 12.6. The Labute approximate surface area is 118 Å². The highest BCUT2D eigenvalue weighted by molar-refractivity contribution is 5.83. The van der Waals surface area contributed by atoms with Crippen LogP contribution in [0.25, 0.3) is 16.6 Å². The lowest BCUT2D eigenvalue weighted by Crippen LogP contribution is -2.37. The summed E-state index contributed by atoms with van der Waals surface area (Å²) in [6.07, 6.45) is 0. The van der Waals surface area contributed by atoms with Crippen LogP contribution in [0.4, 0.5) is 5.69 Å². The van der Waals surface area contributed by atoms with Gasteiger partial charge in [0, 0.05) is 6.07 Å². The molecule has 0 aliphatic heterocycles. The van der Waals surface area contributed by atoms with E-state index in [0.29, 0.717) is 15.9 Å². The van der Waals surface area contributed by atoms with Crippen LogP contribution in [-0.4, -0.2) is 9.61 Å². The highest BCUT2D eigenvalue weighted by Crippen LogP contribution is 2.23. The highest BCUT2D eigenvalue weighted by atomic mass is 16.6. The average molecular weight is 280 g/mol. The van der Waals surface area contributed by atoms with Crippen molar-refractivity contribution in [2.24, 2.45) is 0 Å². The number of benzene rings is 2. The maximum absolute atomic E-state index is 12.4. The van der Waals surface area contributed by atoms with Crippen molar-refractivity contribution in [2.45, 2.75) is 0 Å². The van der Waals surface area contributed by atoms with E-state index in [1.54, 1.807) is 30.3 Å². The second-order valence-electron chi connectivity index (χ2n) is 4.34. The molecule has 0 spiro atoms. The van der Waals surface area contributed by atoms with Crippen molar-refractivity contribution in [3.8, 4) is 11.8 Å². The summed E-state index contributed by atoms with van der Waals surface area (Å²) in [5, 5.41) is 32.9. The van der Waals surface area contributed by atoms with E-state index in [9.17, 15) is 20.6 Å². The Hall–Kier alpha value is -3.40. The first-order chi connectivity index (χ1) is 10.1. The van der Waals surface area contributed by atoms with Crippen molar-refractivity contribution in [3.05, 3.63) is 69.5 Å². The van der Waals surface area contributed by atoms with Crippen LogP contribution >= 0.6 is 0 Å². The molecule has 1 aromatic heterocycles. The molecule has 102 valence electrons. The molecule has 3 rings (SSSR count). The predicted molar refractivity (Wildman–Crippen MR) is 73.6 cm³/mol. The van der Waals surface area contributed by atoms with Crippen molar-refractivity contribution < 1.29 is 9.77 Å². The molecule has 0 aliphatic rings. The van der Waals surface area contributed by atoms with Gasteiger partial charge in [0.25, 0.3) is 11.2 Å². The first-order valence-electron chi connectivity index (χ1n) is 6.01. The van der Waals surface area contributed by atoms with Gasteiger partial charge in [-0.25, -0.2) is 0 Å². The Balaban J connectivity index is 2.38. The summed E-state index contributed by atoms with van der Waals surface area (Å²) in [4.78, 5) is 10.7. The third-order valence-electron chi connectivity index (χ3n) is 3.15. The minimum absolute atomic E-state index is 0.0876. The van der Waals surface area contributed by atoms with E-state index >= 15 is 0 Å². The molecular weight excluding hydrogens is 272 g/mol. The van der Waals surface area contributed by atoms with Crippen molar-refractivity contribution in [3.63, 3.8) is 0 Å². The first-order valence-corrected chi connectivity index (χ1v) is 6.01. The van der Waals surface area contributed by atoms with E-state index in [0.717, 1.165) is 0 Å². The molecule has 3 aromatic rings. The minimum atomic E-state index is -0.578. The Morgan fingerprint density at radius 3 is 2.52 bits per heavy atom. The van der Waals surface area contributed by atoms with E-state index in [2.05, 4.69) is 0 Å². The molecule has 0 bridgehead atoms. The molecule has 0 radical (unpaired) electrons. The number of nitriles is 1. The normalized spacial score (nSPS) is 10.4. The number of nitrogens with zero attached hydrogens (tertiary/aromatic N) is 4. The molecule has 21 heavy (non-hydrogen) atoms. The average Bonchev–Trinajstić information content (AvgIpc) is 2.80. The Bertz CT molecular complexity index is 894. The van der Waals surface area contributed by atoms with Gasteiger partial charge in [-0.05, 0) is 18.2 Å². The SMILES string of the molecule is N#Cc1c2ccc([N+](=O)[O-])cc2[n+]([O-])n1-c1ccccc1. The minimum Gasteiger partial charge on any atom is -0.595 e. The second kappa shape index (κ2) is 4.61. The summed E-state index contributed by atoms with van der Waals surface area (Å²) in [5.41, 5.74) is 0.551. The maximum atomic E-state index is 12.4. The lowest BCUT2D eigenvalue weighted by molar-refractivity contribution is -0.659.